The fraction of sp³-hybridized carbons (Fsp3) is 0.474. The van der Waals surface area contributed by atoms with Crippen LogP contribution in [0, 0.1) is 0 Å². The molecule has 1 unspecified atom stereocenters. The van der Waals surface area contributed by atoms with Crippen molar-refractivity contribution in [2.75, 3.05) is 6.54 Å². The molecule has 2 rings (SSSR count). The number of aliphatic carboxylic acids is 1. The first-order chi connectivity index (χ1) is 12.0. The van der Waals surface area contributed by atoms with Crippen LogP contribution < -0.4 is 0 Å². The summed E-state index contributed by atoms with van der Waals surface area (Å²) in [7, 11) is 0. The van der Waals surface area contributed by atoms with Gasteiger partial charge in [-0.1, -0.05) is 30.3 Å². The van der Waals surface area contributed by atoms with E-state index in [0.29, 0.717) is 25.8 Å². The highest BCUT2D eigenvalue weighted by molar-refractivity contribution is 6.35. The lowest BCUT2D eigenvalue weighted by Gasteiger charge is -2.22. The smallest absolute Gasteiger partial charge is 0.374 e. The molecule has 1 fully saturated rings. The molecule has 0 spiro atoms. The van der Waals surface area contributed by atoms with Crippen LogP contribution in [0.5, 0.6) is 0 Å². The normalized spacial score (nSPS) is 16.6. The number of carbonyl (C=O) groups excluding carboxylic acids is 3. The Morgan fingerprint density at radius 1 is 1.04 bits per heavy atom. The van der Waals surface area contributed by atoms with E-state index in [9.17, 15) is 19.2 Å². The van der Waals surface area contributed by atoms with Gasteiger partial charge in [-0.05, 0) is 31.2 Å². The van der Waals surface area contributed by atoms with Crippen LogP contribution in [0.1, 0.15) is 44.1 Å². The second-order valence-corrected chi connectivity index (χ2v) is 6.29. The van der Waals surface area contributed by atoms with E-state index in [1.54, 1.807) is 0 Å². The molecule has 1 aliphatic heterocycles. The number of likely N-dealkylation sites (tertiary alicyclic amines) is 1. The Morgan fingerprint density at radius 2 is 1.76 bits per heavy atom. The summed E-state index contributed by atoms with van der Waals surface area (Å²) in [5, 5.41) is 8.81. The minimum Gasteiger partial charge on any atom is -0.475 e. The number of ketones is 2. The Bertz CT molecular complexity index is 640. The van der Waals surface area contributed by atoms with Crippen molar-refractivity contribution in [1.29, 1.82) is 0 Å². The zero-order valence-electron chi connectivity index (χ0n) is 14.1. The molecule has 0 aromatic heterocycles. The van der Waals surface area contributed by atoms with Crippen molar-refractivity contribution in [3.8, 4) is 0 Å². The van der Waals surface area contributed by atoms with Crippen molar-refractivity contribution in [1.82, 2.24) is 4.90 Å². The molecule has 0 bridgehead atoms. The lowest BCUT2D eigenvalue weighted by Crippen LogP contribution is -2.43. The number of carboxylic acids is 1. The third-order valence-corrected chi connectivity index (χ3v) is 4.47. The summed E-state index contributed by atoms with van der Waals surface area (Å²) in [6, 6.07) is 9.02. The lowest BCUT2D eigenvalue weighted by atomic mass is 10.0. The molecule has 1 saturated heterocycles. The van der Waals surface area contributed by atoms with E-state index >= 15 is 0 Å². The van der Waals surface area contributed by atoms with E-state index in [1.807, 2.05) is 30.3 Å². The van der Waals surface area contributed by atoms with Crippen molar-refractivity contribution in [2.24, 2.45) is 0 Å². The molecular weight excluding hydrogens is 322 g/mol. The molecule has 1 aromatic rings. The number of amides is 1. The number of Topliss-reactive ketones (excluding diaryl/α,β-unsaturated/α-hetero) is 2. The van der Waals surface area contributed by atoms with E-state index in [-0.39, 0.29) is 24.5 Å². The van der Waals surface area contributed by atoms with E-state index in [1.165, 1.54) is 10.5 Å². The molecule has 0 saturated carbocycles. The predicted molar refractivity (Wildman–Crippen MR) is 91.0 cm³/mol. The standard InChI is InChI=1S/C19H23NO5/c21-15(9-4-8-14-6-2-1-3-7-14)11-12-17(22)20-13-5-10-16(20)18(23)19(24)25/h1-3,6-7,16H,4-5,8-13H2,(H,24,25). The second kappa shape index (κ2) is 9.11. The fourth-order valence-corrected chi connectivity index (χ4v) is 3.13. The Morgan fingerprint density at radius 3 is 2.44 bits per heavy atom. The highest BCUT2D eigenvalue weighted by Crippen LogP contribution is 2.20. The Kier molecular flexibility index (Phi) is 6.86. The van der Waals surface area contributed by atoms with Crippen molar-refractivity contribution in [3.63, 3.8) is 0 Å². The number of benzene rings is 1. The number of nitrogens with zero attached hydrogens (tertiary/aromatic N) is 1. The molecule has 1 aliphatic rings. The van der Waals surface area contributed by atoms with Gasteiger partial charge in [0.2, 0.25) is 5.91 Å². The van der Waals surface area contributed by atoms with E-state index in [2.05, 4.69) is 0 Å². The Hall–Kier alpha value is -2.50. The molecule has 25 heavy (non-hydrogen) atoms. The van der Waals surface area contributed by atoms with Crippen molar-refractivity contribution < 1.29 is 24.3 Å². The van der Waals surface area contributed by atoms with Gasteiger partial charge in [0.15, 0.2) is 0 Å². The zero-order valence-corrected chi connectivity index (χ0v) is 14.1. The first-order valence-corrected chi connectivity index (χ1v) is 8.61. The molecular formula is C19H23NO5. The molecule has 1 aromatic carbocycles. The highest BCUT2D eigenvalue weighted by atomic mass is 16.4. The molecule has 0 radical (unpaired) electrons. The van der Waals surface area contributed by atoms with Crippen molar-refractivity contribution >= 4 is 23.4 Å². The monoisotopic (exact) mass is 345 g/mol. The number of aryl methyl sites for hydroxylation is 1. The van der Waals surface area contributed by atoms with Crippen LogP contribution in [0.15, 0.2) is 30.3 Å². The molecule has 1 heterocycles. The van der Waals surface area contributed by atoms with E-state index in [0.717, 1.165) is 12.8 Å². The molecule has 1 N–H and O–H groups in total. The largest absolute Gasteiger partial charge is 0.475 e. The maximum atomic E-state index is 12.2. The van der Waals surface area contributed by atoms with Crippen molar-refractivity contribution in [2.45, 2.75) is 51.0 Å². The first kappa shape index (κ1) is 18.8. The second-order valence-electron chi connectivity index (χ2n) is 6.29. The highest BCUT2D eigenvalue weighted by Gasteiger charge is 2.36. The Labute approximate surface area is 146 Å². The number of hydrogen-bond donors (Lipinski definition) is 1. The summed E-state index contributed by atoms with van der Waals surface area (Å²) in [4.78, 5) is 47.9. The first-order valence-electron chi connectivity index (χ1n) is 8.61. The van der Waals surface area contributed by atoms with Crippen molar-refractivity contribution in [3.05, 3.63) is 35.9 Å². The molecule has 134 valence electrons. The van der Waals surface area contributed by atoms with Gasteiger partial charge in [-0.2, -0.15) is 0 Å². The van der Waals surface area contributed by atoms with Gasteiger partial charge in [-0.25, -0.2) is 4.79 Å². The Balaban J connectivity index is 1.72. The molecule has 6 heteroatoms. The van der Waals surface area contributed by atoms with Gasteiger partial charge < -0.3 is 10.0 Å². The van der Waals surface area contributed by atoms with Gasteiger partial charge in [-0.3, -0.25) is 14.4 Å². The summed E-state index contributed by atoms with van der Waals surface area (Å²) >= 11 is 0. The fourth-order valence-electron chi connectivity index (χ4n) is 3.13. The molecule has 6 nitrogen and oxygen atoms in total. The van der Waals surface area contributed by atoms with Crippen LogP contribution in [0.3, 0.4) is 0 Å². The van der Waals surface area contributed by atoms with Gasteiger partial charge in [0.1, 0.15) is 11.8 Å². The van der Waals surface area contributed by atoms with Crippen LogP contribution in [-0.2, 0) is 25.6 Å². The predicted octanol–water partition coefficient (Wildman–Crippen LogP) is 2.00. The number of rotatable bonds is 9. The lowest BCUT2D eigenvalue weighted by molar-refractivity contribution is -0.152. The minimum atomic E-state index is -1.51. The minimum absolute atomic E-state index is 0.0181. The van der Waals surface area contributed by atoms with Gasteiger partial charge in [0, 0.05) is 25.8 Å². The van der Waals surface area contributed by atoms with E-state index in [4.69, 9.17) is 5.11 Å². The third kappa shape index (κ3) is 5.52. The number of carboxylic acid groups (broad SMARTS) is 1. The van der Waals surface area contributed by atoms with Gasteiger partial charge >= 0.3 is 5.97 Å². The van der Waals surface area contributed by atoms with Crippen LogP contribution >= 0.6 is 0 Å². The van der Waals surface area contributed by atoms with Crippen LogP contribution in [-0.4, -0.2) is 46.0 Å². The average molecular weight is 345 g/mol. The molecule has 1 atom stereocenters. The van der Waals surface area contributed by atoms with Gasteiger partial charge in [0.05, 0.1) is 0 Å². The summed E-state index contributed by atoms with van der Waals surface area (Å²) < 4.78 is 0. The number of carbonyl (C=O) groups is 4. The summed E-state index contributed by atoms with van der Waals surface area (Å²) in [6.07, 6.45) is 3.14. The van der Waals surface area contributed by atoms with E-state index < -0.39 is 17.8 Å². The zero-order chi connectivity index (χ0) is 18.2. The average Bonchev–Trinajstić information content (AvgIpc) is 3.09. The van der Waals surface area contributed by atoms with Crippen LogP contribution in [0.2, 0.25) is 0 Å². The maximum absolute atomic E-state index is 12.2. The SMILES string of the molecule is O=C(CCCc1ccccc1)CCC(=O)N1CCCC1C(=O)C(=O)O. The van der Waals surface area contributed by atoms with Crippen LogP contribution in [0.4, 0.5) is 0 Å². The maximum Gasteiger partial charge on any atom is 0.374 e. The summed E-state index contributed by atoms with van der Waals surface area (Å²) in [5.41, 5.74) is 1.18. The summed E-state index contributed by atoms with van der Waals surface area (Å²) in [6.45, 7) is 0.380. The quantitative estimate of drug-likeness (QED) is 0.691. The molecule has 0 aliphatic carbocycles. The topological polar surface area (TPSA) is 91.8 Å². The summed E-state index contributed by atoms with van der Waals surface area (Å²) in [5.74, 6) is -2.75. The van der Waals surface area contributed by atoms with Gasteiger partial charge in [-0.15, -0.1) is 0 Å². The number of hydrogen-bond acceptors (Lipinski definition) is 4. The van der Waals surface area contributed by atoms with Gasteiger partial charge in [0.25, 0.3) is 5.78 Å². The third-order valence-electron chi connectivity index (χ3n) is 4.47. The molecule has 1 amide bonds. The van der Waals surface area contributed by atoms with Crippen LogP contribution in [0.25, 0.3) is 0 Å².